The van der Waals surface area contributed by atoms with Crippen LogP contribution in [-0.2, 0) is 0 Å². The molecule has 0 saturated heterocycles. The second-order valence-electron chi connectivity index (χ2n) is 15.6. The first-order chi connectivity index (χ1) is 30.7. The third-order valence-corrected chi connectivity index (χ3v) is 13.0. The number of hydrogen-bond donors (Lipinski definition) is 0. The van der Waals surface area contributed by atoms with E-state index in [-0.39, 0.29) is 0 Å². The summed E-state index contributed by atoms with van der Waals surface area (Å²) < 4.78 is 4.81. The Morgan fingerprint density at radius 2 is 0.758 bits per heavy atom. The summed E-state index contributed by atoms with van der Waals surface area (Å²) in [5.74, 6) is 1.97. The Balaban J connectivity index is 1.02. The molecule has 5 heteroatoms. The van der Waals surface area contributed by atoms with E-state index in [2.05, 4.69) is 187 Å². The predicted molar refractivity (Wildman–Crippen MR) is 260 cm³/mol. The average molecular weight is 809 g/mol. The quantitative estimate of drug-likeness (QED) is 0.161. The summed E-state index contributed by atoms with van der Waals surface area (Å²) in [4.78, 5) is 15.2. The molecule has 0 spiro atoms. The standard InChI is InChI=1S/C57H36N4S/c1-5-15-37(16-6-1)40-21-13-22-41(33-40)42-27-30-50-47(34-42)48-35-43(28-31-51(48)61(50)45-23-11-4-12-24-45)44-29-32-52-49(36-44)54-46(25-14-26-53(54)62-52)57-59-55(38-17-7-2-8-18-38)58-56(60-57)39-19-9-3-10-20-39/h1-36H. The minimum Gasteiger partial charge on any atom is -0.309 e. The molecule has 0 aliphatic rings. The topological polar surface area (TPSA) is 43.6 Å². The minimum absolute atomic E-state index is 0.654. The van der Waals surface area contributed by atoms with Gasteiger partial charge < -0.3 is 4.57 Å². The Hall–Kier alpha value is -7.99. The first-order valence-corrected chi connectivity index (χ1v) is 21.7. The van der Waals surface area contributed by atoms with Crippen LogP contribution in [0.2, 0.25) is 0 Å². The van der Waals surface area contributed by atoms with Crippen molar-refractivity contribution in [2.75, 3.05) is 0 Å². The Kier molecular flexibility index (Phi) is 8.65. The van der Waals surface area contributed by atoms with E-state index >= 15 is 0 Å². The van der Waals surface area contributed by atoms with E-state index in [4.69, 9.17) is 15.0 Å². The fourth-order valence-corrected chi connectivity index (χ4v) is 9.98. The first kappa shape index (κ1) is 35.9. The van der Waals surface area contributed by atoms with Gasteiger partial charge in [0.2, 0.25) is 0 Å². The Bertz CT molecular complexity index is 3560. The number of benzene rings is 9. The van der Waals surface area contributed by atoms with Gasteiger partial charge in [-0.05, 0) is 94.0 Å². The highest BCUT2D eigenvalue weighted by molar-refractivity contribution is 7.26. The fraction of sp³-hybridized carbons (Fsp3) is 0. The maximum Gasteiger partial charge on any atom is 0.164 e. The van der Waals surface area contributed by atoms with E-state index in [0.29, 0.717) is 17.5 Å². The molecule has 12 aromatic rings. The van der Waals surface area contributed by atoms with Gasteiger partial charge in [0.25, 0.3) is 0 Å². The molecule has 3 aromatic heterocycles. The normalized spacial score (nSPS) is 11.5. The molecular formula is C57H36N4S. The summed E-state index contributed by atoms with van der Waals surface area (Å²) in [5.41, 5.74) is 13.5. The number of aromatic nitrogens is 4. The van der Waals surface area contributed by atoms with Crippen LogP contribution in [0.15, 0.2) is 218 Å². The Morgan fingerprint density at radius 3 is 1.35 bits per heavy atom. The van der Waals surface area contributed by atoms with E-state index in [1.165, 1.54) is 58.8 Å². The largest absolute Gasteiger partial charge is 0.309 e. The molecule has 0 saturated carbocycles. The lowest BCUT2D eigenvalue weighted by molar-refractivity contribution is 1.08. The molecule has 4 nitrogen and oxygen atoms in total. The van der Waals surface area contributed by atoms with Gasteiger partial charge in [-0.15, -0.1) is 11.3 Å². The van der Waals surface area contributed by atoms with Crippen LogP contribution >= 0.6 is 11.3 Å². The van der Waals surface area contributed by atoms with Crippen molar-refractivity contribution in [2.24, 2.45) is 0 Å². The van der Waals surface area contributed by atoms with Gasteiger partial charge >= 0.3 is 0 Å². The van der Waals surface area contributed by atoms with Crippen LogP contribution < -0.4 is 0 Å². The molecule has 0 radical (unpaired) electrons. The molecule has 62 heavy (non-hydrogen) atoms. The number of para-hydroxylation sites is 1. The molecule has 0 bridgehead atoms. The Morgan fingerprint density at radius 1 is 0.306 bits per heavy atom. The van der Waals surface area contributed by atoms with Crippen molar-refractivity contribution >= 4 is 53.3 Å². The highest BCUT2D eigenvalue weighted by Gasteiger charge is 2.19. The third-order valence-electron chi connectivity index (χ3n) is 11.9. The highest BCUT2D eigenvalue weighted by Crippen LogP contribution is 2.43. The monoisotopic (exact) mass is 808 g/mol. The molecule has 0 fully saturated rings. The van der Waals surface area contributed by atoms with Gasteiger partial charge in [-0.2, -0.15) is 0 Å². The molecule has 3 heterocycles. The lowest BCUT2D eigenvalue weighted by Crippen LogP contribution is -2.00. The van der Waals surface area contributed by atoms with Crippen LogP contribution in [0.25, 0.3) is 115 Å². The molecule has 0 aliphatic carbocycles. The van der Waals surface area contributed by atoms with Gasteiger partial charge in [0.1, 0.15) is 0 Å². The van der Waals surface area contributed by atoms with Gasteiger partial charge in [-0.3, -0.25) is 0 Å². The number of rotatable bonds is 7. The van der Waals surface area contributed by atoms with Crippen molar-refractivity contribution in [3.05, 3.63) is 218 Å². The second kappa shape index (κ2) is 14.9. The van der Waals surface area contributed by atoms with Gasteiger partial charge in [0.05, 0.1) is 11.0 Å². The SMILES string of the molecule is c1ccc(-c2cccc(-c3ccc4c(c3)c3cc(-c5ccc6sc7cccc(-c8nc(-c9ccccc9)nc(-c9ccccc9)n8)c7c6c5)ccc3n4-c3ccccc3)c2)cc1. The number of fused-ring (bicyclic) bond motifs is 6. The predicted octanol–water partition coefficient (Wildman–Crippen LogP) is 15.3. The molecule has 290 valence electrons. The van der Waals surface area contributed by atoms with Gasteiger partial charge in [0.15, 0.2) is 17.5 Å². The third kappa shape index (κ3) is 6.26. The molecule has 0 amide bonds. The summed E-state index contributed by atoms with van der Waals surface area (Å²) in [6.45, 7) is 0. The van der Waals surface area contributed by atoms with Crippen molar-refractivity contribution in [3.63, 3.8) is 0 Å². The van der Waals surface area contributed by atoms with Gasteiger partial charge in [0, 0.05) is 53.3 Å². The number of hydrogen-bond acceptors (Lipinski definition) is 4. The highest BCUT2D eigenvalue weighted by atomic mass is 32.1. The van der Waals surface area contributed by atoms with Gasteiger partial charge in [-0.25, -0.2) is 15.0 Å². The van der Waals surface area contributed by atoms with Crippen LogP contribution in [0.5, 0.6) is 0 Å². The average Bonchev–Trinajstić information content (AvgIpc) is 3.90. The molecule has 0 unspecified atom stereocenters. The van der Waals surface area contributed by atoms with E-state index in [9.17, 15) is 0 Å². The molecule has 0 atom stereocenters. The van der Waals surface area contributed by atoms with E-state index in [1.54, 1.807) is 11.3 Å². The smallest absolute Gasteiger partial charge is 0.164 e. The molecular weight excluding hydrogens is 773 g/mol. The second-order valence-corrected chi connectivity index (χ2v) is 16.7. The van der Waals surface area contributed by atoms with Crippen molar-refractivity contribution in [3.8, 4) is 73.2 Å². The number of nitrogens with zero attached hydrogens (tertiary/aromatic N) is 4. The van der Waals surface area contributed by atoms with E-state index in [1.807, 2.05) is 36.4 Å². The molecule has 9 aromatic carbocycles. The van der Waals surface area contributed by atoms with Crippen molar-refractivity contribution in [2.45, 2.75) is 0 Å². The summed E-state index contributed by atoms with van der Waals surface area (Å²) in [7, 11) is 0. The lowest BCUT2D eigenvalue weighted by atomic mass is 9.97. The summed E-state index contributed by atoms with van der Waals surface area (Å²) in [5, 5.41) is 4.78. The van der Waals surface area contributed by atoms with Crippen LogP contribution in [0.3, 0.4) is 0 Å². The van der Waals surface area contributed by atoms with Crippen LogP contribution in [0.4, 0.5) is 0 Å². The molecule has 12 rings (SSSR count). The van der Waals surface area contributed by atoms with Crippen LogP contribution in [0, 0.1) is 0 Å². The first-order valence-electron chi connectivity index (χ1n) is 20.8. The van der Waals surface area contributed by atoms with E-state index < -0.39 is 0 Å². The summed E-state index contributed by atoms with van der Waals surface area (Å²) in [6.07, 6.45) is 0. The zero-order chi connectivity index (χ0) is 41.0. The summed E-state index contributed by atoms with van der Waals surface area (Å²) >= 11 is 1.81. The molecule has 0 aliphatic heterocycles. The van der Waals surface area contributed by atoms with Gasteiger partial charge in [-0.1, -0.05) is 158 Å². The van der Waals surface area contributed by atoms with Crippen molar-refractivity contribution in [1.29, 1.82) is 0 Å². The van der Waals surface area contributed by atoms with E-state index in [0.717, 1.165) is 38.9 Å². The number of thiophene rings is 1. The fourth-order valence-electron chi connectivity index (χ4n) is 8.87. The Labute approximate surface area is 362 Å². The maximum absolute atomic E-state index is 5.14. The maximum atomic E-state index is 5.14. The lowest BCUT2D eigenvalue weighted by Gasteiger charge is -2.10. The summed E-state index contributed by atoms with van der Waals surface area (Å²) in [6, 6.07) is 77.7. The van der Waals surface area contributed by atoms with Crippen molar-refractivity contribution in [1.82, 2.24) is 19.5 Å². The van der Waals surface area contributed by atoms with Crippen LogP contribution in [0.1, 0.15) is 0 Å². The molecule has 0 N–H and O–H groups in total. The zero-order valence-corrected chi connectivity index (χ0v) is 34.3. The zero-order valence-electron chi connectivity index (χ0n) is 33.5. The van der Waals surface area contributed by atoms with Crippen molar-refractivity contribution < 1.29 is 0 Å². The minimum atomic E-state index is 0.654. The van der Waals surface area contributed by atoms with Crippen LogP contribution in [-0.4, -0.2) is 19.5 Å².